The van der Waals surface area contributed by atoms with Gasteiger partial charge in [0.05, 0.1) is 24.4 Å². The summed E-state index contributed by atoms with van der Waals surface area (Å²) in [5.74, 6) is -0.602. The van der Waals surface area contributed by atoms with Crippen LogP contribution >= 0.6 is 0 Å². The van der Waals surface area contributed by atoms with E-state index in [0.717, 1.165) is 33.6 Å². The molecule has 10 nitrogen and oxygen atoms in total. The number of hydrogen-bond acceptors (Lipinski definition) is 5. The van der Waals surface area contributed by atoms with Crippen molar-refractivity contribution in [2.75, 3.05) is 11.9 Å². The molecule has 2 aromatic carbocycles. The number of aliphatic hydroxyl groups is 1. The van der Waals surface area contributed by atoms with E-state index in [1.165, 1.54) is 0 Å². The molecule has 224 valence electrons. The van der Waals surface area contributed by atoms with Crippen LogP contribution in [0.2, 0.25) is 0 Å². The lowest BCUT2D eigenvalue weighted by molar-refractivity contribution is -0.130. The molecule has 0 spiro atoms. The summed E-state index contributed by atoms with van der Waals surface area (Å²) in [6.45, 7) is 6.08. The second kappa shape index (κ2) is 13.2. The molecular formula is C32H42N6O4. The van der Waals surface area contributed by atoms with E-state index in [9.17, 15) is 19.5 Å². The summed E-state index contributed by atoms with van der Waals surface area (Å²) in [5, 5.41) is 18.2. The normalized spacial score (nSPS) is 16.7. The van der Waals surface area contributed by atoms with Crippen molar-refractivity contribution < 1.29 is 19.5 Å². The topological polar surface area (TPSA) is 153 Å². The van der Waals surface area contributed by atoms with Gasteiger partial charge in [0.1, 0.15) is 6.04 Å². The van der Waals surface area contributed by atoms with Gasteiger partial charge in [0, 0.05) is 25.5 Å². The molecule has 1 unspecified atom stereocenters. The Morgan fingerprint density at radius 3 is 2.55 bits per heavy atom. The van der Waals surface area contributed by atoms with Gasteiger partial charge < -0.3 is 36.7 Å². The third kappa shape index (κ3) is 7.18. The quantitative estimate of drug-likeness (QED) is 0.220. The number of nitrogens with two attached hydrogens (primary N) is 1. The number of aromatic amines is 1. The standard InChI is InChI=1S/C32H42N6O4/c1-20(39)17-32(2,3)28(33)29(40)37-26-14-13-25-27(15-16-35-25)38(30(26)41)19-21-9-11-22(12-10-21)24-8-6-5-7-23(24)18-36-31(42)34-4/h5-12,15-16,20,26,28,35,39H,13-14,17-19,33H2,1-4H3,(H,37,40)(H2,34,36,42)/t20-,26-,28?/m1/s1. The van der Waals surface area contributed by atoms with E-state index < -0.39 is 29.5 Å². The molecule has 0 aliphatic carbocycles. The molecule has 2 heterocycles. The van der Waals surface area contributed by atoms with Crippen LogP contribution in [0.25, 0.3) is 11.1 Å². The van der Waals surface area contributed by atoms with Gasteiger partial charge in [-0.3, -0.25) is 9.59 Å². The van der Waals surface area contributed by atoms with Crippen molar-refractivity contribution in [3.8, 4) is 11.1 Å². The zero-order valence-electron chi connectivity index (χ0n) is 24.7. The number of hydrogen-bond donors (Lipinski definition) is 6. The lowest BCUT2D eigenvalue weighted by Crippen LogP contribution is -2.56. The fourth-order valence-corrected chi connectivity index (χ4v) is 5.56. The van der Waals surface area contributed by atoms with Gasteiger partial charge in [-0.25, -0.2) is 4.79 Å². The first-order valence-electron chi connectivity index (χ1n) is 14.3. The number of rotatable bonds is 10. The van der Waals surface area contributed by atoms with Gasteiger partial charge in [-0.2, -0.15) is 0 Å². The van der Waals surface area contributed by atoms with Crippen molar-refractivity contribution in [1.82, 2.24) is 20.9 Å². The molecule has 1 aliphatic heterocycles. The number of H-pyrrole nitrogens is 1. The first-order chi connectivity index (χ1) is 20.0. The number of carbonyl (C=O) groups excluding carboxylic acids is 3. The minimum Gasteiger partial charge on any atom is -0.393 e. The molecule has 0 radical (unpaired) electrons. The molecule has 4 rings (SSSR count). The maximum absolute atomic E-state index is 13.9. The number of anilines is 1. The minimum absolute atomic E-state index is 0.197. The van der Waals surface area contributed by atoms with Crippen LogP contribution in [0.15, 0.2) is 60.8 Å². The molecule has 0 saturated heterocycles. The van der Waals surface area contributed by atoms with Gasteiger partial charge in [-0.1, -0.05) is 62.4 Å². The second-order valence-electron chi connectivity index (χ2n) is 11.7. The molecule has 1 aliphatic rings. The van der Waals surface area contributed by atoms with Crippen molar-refractivity contribution in [3.63, 3.8) is 0 Å². The fourth-order valence-electron chi connectivity index (χ4n) is 5.56. The smallest absolute Gasteiger partial charge is 0.314 e. The molecule has 0 saturated carbocycles. The van der Waals surface area contributed by atoms with Crippen LogP contribution in [0, 0.1) is 5.41 Å². The number of amides is 4. The Morgan fingerprint density at radius 2 is 1.86 bits per heavy atom. The van der Waals surface area contributed by atoms with Crippen LogP contribution in [0.5, 0.6) is 0 Å². The molecule has 7 N–H and O–H groups in total. The summed E-state index contributed by atoms with van der Waals surface area (Å²) < 4.78 is 0. The maximum Gasteiger partial charge on any atom is 0.314 e. The van der Waals surface area contributed by atoms with E-state index in [4.69, 9.17) is 5.73 Å². The highest BCUT2D eigenvalue weighted by atomic mass is 16.3. The van der Waals surface area contributed by atoms with E-state index in [1.54, 1.807) is 18.9 Å². The van der Waals surface area contributed by atoms with Gasteiger partial charge in [0.15, 0.2) is 0 Å². The Hall–Kier alpha value is -4.15. The Morgan fingerprint density at radius 1 is 1.14 bits per heavy atom. The Bertz CT molecular complexity index is 1400. The molecule has 3 atom stereocenters. The van der Waals surface area contributed by atoms with Crippen molar-refractivity contribution in [2.24, 2.45) is 11.1 Å². The molecular weight excluding hydrogens is 532 g/mol. The van der Waals surface area contributed by atoms with E-state index in [-0.39, 0.29) is 11.9 Å². The highest BCUT2D eigenvalue weighted by Gasteiger charge is 2.37. The Labute approximate surface area is 247 Å². The summed E-state index contributed by atoms with van der Waals surface area (Å²) in [7, 11) is 1.58. The van der Waals surface area contributed by atoms with Crippen molar-refractivity contribution in [2.45, 2.75) is 71.3 Å². The zero-order valence-corrected chi connectivity index (χ0v) is 24.7. The first-order valence-corrected chi connectivity index (χ1v) is 14.3. The lowest BCUT2D eigenvalue weighted by atomic mass is 9.79. The van der Waals surface area contributed by atoms with Gasteiger partial charge >= 0.3 is 6.03 Å². The number of nitrogens with one attached hydrogen (secondary N) is 4. The average Bonchev–Trinajstić information content (AvgIpc) is 3.39. The highest BCUT2D eigenvalue weighted by molar-refractivity contribution is 6.00. The van der Waals surface area contributed by atoms with Crippen molar-refractivity contribution >= 4 is 23.5 Å². The van der Waals surface area contributed by atoms with Crippen molar-refractivity contribution in [1.29, 1.82) is 0 Å². The predicted molar refractivity (Wildman–Crippen MR) is 163 cm³/mol. The van der Waals surface area contributed by atoms with Gasteiger partial charge in [-0.05, 0) is 59.9 Å². The number of nitrogens with zero attached hydrogens (tertiary/aromatic N) is 1. The number of aryl methyl sites for hydroxylation is 1. The average molecular weight is 575 g/mol. The minimum atomic E-state index is -0.878. The predicted octanol–water partition coefficient (Wildman–Crippen LogP) is 3.20. The molecule has 3 aromatic rings. The summed E-state index contributed by atoms with van der Waals surface area (Å²) in [4.78, 5) is 43.7. The fraction of sp³-hybridized carbons (Fsp3) is 0.406. The largest absolute Gasteiger partial charge is 0.393 e. The molecule has 4 amide bonds. The molecule has 10 heteroatoms. The number of fused-ring (bicyclic) bond motifs is 1. The van der Waals surface area contributed by atoms with Gasteiger partial charge in [0.2, 0.25) is 11.8 Å². The first kappa shape index (κ1) is 30.8. The van der Waals surface area contributed by atoms with Crippen LogP contribution in [-0.4, -0.2) is 53.2 Å². The third-order valence-corrected chi connectivity index (χ3v) is 7.90. The highest BCUT2D eigenvalue weighted by Crippen LogP contribution is 2.30. The van der Waals surface area contributed by atoms with Crippen LogP contribution in [0.3, 0.4) is 0 Å². The molecule has 1 aromatic heterocycles. The van der Waals surface area contributed by atoms with E-state index >= 15 is 0 Å². The molecule has 0 bridgehead atoms. The lowest BCUT2D eigenvalue weighted by Gasteiger charge is -2.33. The number of aromatic nitrogens is 1. The Kier molecular flexibility index (Phi) is 9.70. The second-order valence-corrected chi connectivity index (χ2v) is 11.7. The third-order valence-electron chi connectivity index (χ3n) is 7.90. The van der Waals surface area contributed by atoms with Gasteiger partial charge in [-0.15, -0.1) is 0 Å². The summed E-state index contributed by atoms with van der Waals surface area (Å²) >= 11 is 0. The SMILES string of the molecule is CNC(=O)NCc1ccccc1-c1ccc(CN2C(=O)[C@H](NC(=O)C(N)C(C)(C)C[C@@H](C)O)CCc3[nH]ccc32)cc1. The number of aliphatic hydroxyl groups excluding tert-OH is 1. The monoisotopic (exact) mass is 574 g/mol. The molecule has 42 heavy (non-hydrogen) atoms. The van der Waals surface area contributed by atoms with E-state index in [2.05, 4.69) is 20.9 Å². The molecule has 0 fully saturated rings. The van der Waals surface area contributed by atoms with Crippen molar-refractivity contribution in [3.05, 3.63) is 77.6 Å². The van der Waals surface area contributed by atoms with Crippen LogP contribution < -0.4 is 26.6 Å². The number of urea groups is 1. The van der Waals surface area contributed by atoms with Gasteiger partial charge in [0.25, 0.3) is 0 Å². The maximum atomic E-state index is 13.9. The van der Waals surface area contributed by atoms with E-state index in [0.29, 0.717) is 32.4 Å². The van der Waals surface area contributed by atoms with Crippen LogP contribution in [0.4, 0.5) is 10.5 Å². The summed E-state index contributed by atoms with van der Waals surface area (Å²) in [6, 6.07) is 15.9. The number of carbonyl (C=O) groups is 3. The Balaban J connectivity index is 1.52. The van der Waals surface area contributed by atoms with Crippen LogP contribution in [0.1, 0.15) is 50.4 Å². The number of benzene rings is 2. The summed E-state index contributed by atoms with van der Waals surface area (Å²) in [6.07, 6.45) is 2.63. The van der Waals surface area contributed by atoms with E-state index in [1.807, 2.05) is 74.6 Å². The van der Waals surface area contributed by atoms with Crippen LogP contribution in [-0.2, 0) is 29.1 Å². The zero-order chi connectivity index (χ0) is 30.4. The summed E-state index contributed by atoms with van der Waals surface area (Å²) in [5.41, 5.74) is 11.3.